The van der Waals surface area contributed by atoms with Crippen molar-refractivity contribution in [2.24, 2.45) is 0 Å². The first kappa shape index (κ1) is 10.5. The number of rotatable bonds is 2. The van der Waals surface area contributed by atoms with Gasteiger partial charge in [0.05, 0.1) is 17.6 Å². The van der Waals surface area contributed by atoms with Gasteiger partial charge >= 0.3 is 0 Å². The zero-order valence-corrected chi connectivity index (χ0v) is 8.61. The van der Waals surface area contributed by atoms with E-state index in [2.05, 4.69) is 15.9 Å². The molecule has 0 amide bonds. The van der Waals surface area contributed by atoms with Crippen LogP contribution in [-0.2, 0) is 4.79 Å². The molecule has 0 aliphatic heterocycles. The van der Waals surface area contributed by atoms with Crippen molar-refractivity contribution in [3.05, 3.63) is 39.9 Å². The SMILES string of the molecule is N#Cc1ccc(Br)cc1C=CC(=O)[O-]. The van der Waals surface area contributed by atoms with Gasteiger partial charge in [-0.05, 0) is 29.8 Å². The molecule has 14 heavy (non-hydrogen) atoms. The summed E-state index contributed by atoms with van der Waals surface area (Å²) in [6, 6.07) is 6.95. The molecular weight excluding hydrogens is 246 g/mol. The molecule has 70 valence electrons. The molecule has 4 heteroatoms. The molecule has 0 aromatic heterocycles. The molecule has 0 aliphatic rings. The topological polar surface area (TPSA) is 63.9 Å². The summed E-state index contributed by atoms with van der Waals surface area (Å²) in [4.78, 5) is 10.2. The predicted molar refractivity (Wildman–Crippen MR) is 52.9 cm³/mol. The lowest BCUT2D eigenvalue weighted by atomic mass is 10.1. The maximum absolute atomic E-state index is 10.2. The summed E-state index contributed by atoms with van der Waals surface area (Å²) in [5.74, 6) is -1.28. The highest BCUT2D eigenvalue weighted by Crippen LogP contribution is 2.17. The average Bonchev–Trinajstić information content (AvgIpc) is 2.15. The van der Waals surface area contributed by atoms with Gasteiger partial charge in [0.2, 0.25) is 0 Å². The number of hydrogen-bond acceptors (Lipinski definition) is 3. The van der Waals surface area contributed by atoms with Crippen LogP contribution in [0.3, 0.4) is 0 Å². The fourth-order valence-corrected chi connectivity index (χ4v) is 1.31. The smallest absolute Gasteiger partial charge is 0.0997 e. The second kappa shape index (κ2) is 4.58. The maximum atomic E-state index is 10.2. The Morgan fingerprint density at radius 1 is 1.57 bits per heavy atom. The van der Waals surface area contributed by atoms with Crippen LogP contribution in [0.5, 0.6) is 0 Å². The van der Waals surface area contributed by atoms with Crippen molar-refractivity contribution in [1.82, 2.24) is 0 Å². The molecule has 0 unspecified atom stereocenters. The van der Waals surface area contributed by atoms with E-state index < -0.39 is 5.97 Å². The fourth-order valence-electron chi connectivity index (χ4n) is 0.931. The summed E-state index contributed by atoms with van der Waals surface area (Å²) in [5, 5.41) is 18.9. The van der Waals surface area contributed by atoms with E-state index in [0.717, 1.165) is 10.5 Å². The minimum Gasteiger partial charge on any atom is -0.545 e. The monoisotopic (exact) mass is 250 g/mol. The Labute approximate surface area is 89.4 Å². The average molecular weight is 251 g/mol. The Kier molecular flexibility index (Phi) is 3.43. The van der Waals surface area contributed by atoms with Crippen LogP contribution in [0.2, 0.25) is 0 Å². The van der Waals surface area contributed by atoms with Crippen LogP contribution in [-0.4, -0.2) is 5.97 Å². The largest absolute Gasteiger partial charge is 0.545 e. The number of nitriles is 1. The molecule has 0 atom stereocenters. The summed E-state index contributed by atoms with van der Waals surface area (Å²) >= 11 is 3.23. The number of halogens is 1. The lowest BCUT2D eigenvalue weighted by Gasteiger charge is -1.98. The van der Waals surface area contributed by atoms with E-state index in [4.69, 9.17) is 5.26 Å². The summed E-state index contributed by atoms with van der Waals surface area (Å²) in [5.41, 5.74) is 0.969. The Morgan fingerprint density at radius 3 is 2.86 bits per heavy atom. The first-order valence-corrected chi connectivity index (χ1v) is 4.51. The Hall–Kier alpha value is -1.60. The second-order valence-electron chi connectivity index (χ2n) is 2.50. The van der Waals surface area contributed by atoms with Crippen LogP contribution < -0.4 is 5.11 Å². The first-order chi connectivity index (χ1) is 6.63. The number of carbonyl (C=O) groups is 1. The van der Waals surface area contributed by atoms with Crippen LogP contribution in [0.15, 0.2) is 28.7 Å². The summed E-state index contributed by atoms with van der Waals surface area (Å²) in [7, 11) is 0. The number of aliphatic carboxylic acids is 1. The number of carboxylic acids is 1. The molecular formula is C10H5BrNO2-. The molecule has 0 radical (unpaired) electrons. The van der Waals surface area contributed by atoms with Gasteiger partial charge in [-0.1, -0.05) is 22.0 Å². The van der Waals surface area contributed by atoms with Gasteiger partial charge in [0, 0.05) is 4.47 Å². The number of carbonyl (C=O) groups excluding carboxylic acids is 1. The van der Waals surface area contributed by atoms with Crippen molar-refractivity contribution in [3.63, 3.8) is 0 Å². The number of benzene rings is 1. The van der Waals surface area contributed by atoms with E-state index in [9.17, 15) is 9.90 Å². The van der Waals surface area contributed by atoms with E-state index in [1.54, 1.807) is 18.2 Å². The molecule has 1 aromatic rings. The quantitative estimate of drug-likeness (QED) is 0.739. The van der Waals surface area contributed by atoms with Crippen LogP contribution in [0.25, 0.3) is 6.08 Å². The lowest BCUT2D eigenvalue weighted by molar-refractivity contribution is -0.297. The highest BCUT2D eigenvalue weighted by Gasteiger charge is 1.98. The van der Waals surface area contributed by atoms with Gasteiger partial charge < -0.3 is 9.90 Å². The third kappa shape index (κ3) is 2.71. The number of hydrogen-bond donors (Lipinski definition) is 0. The van der Waals surface area contributed by atoms with Crippen LogP contribution >= 0.6 is 15.9 Å². The molecule has 1 rings (SSSR count). The number of nitrogens with zero attached hydrogens (tertiary/aromatic N) is 1. The van der Waals surface area contributed by atoms with Crippen LogP contribution in [0.4, 0.5) is 0 Å². The van der Waals surface area contributed by atoms with E-state index in [0.29, 0.717) is 11.1 Å². The molecule has 3 nitrogen and oxygen atoms in total. The molecule has 1 aromatic carbocycles. The lowest BCUT2D eigenvalue weighted by Crippen LogP contribution is -2.18. The van der Waals surface area contributed by atoms with Crippen molar-refractivity contribution in [3.8, 4) is 6.07 Å². The number of carboxylic acid groups (broad SMARTS) is 1. The highest BCUT2D eigenvalue weighted by atomic mass is 79.9. The van der Waals surface area contributed by atoms with Crippen molar-refractivity contribution < 1.29 is 9.90 Å². The molecule has 0 spiro atoms. The highest BCUT2D eigenvalue weighted by molar-refractivity contribution is 9.10. The van der Waals surface area contributed by atoms with Crippen molar-refractivity contribution in [2.75, 3.05) is 0 Å². The third-order valence-electron chi connectivity index (χ3n) is 1.53. The van der Waals surface area contributed by atoms with Gasteiger partial charge in [0.1, 0.15) is 0 Å². The van der Waals surface area contributed by atoms with E-state index in [1.807, 2.05) is 6.07 Å². The third-order valence-corrected chi connectivity index (χ3v) is 2.03. The van der Waals surface area contributed by atoms with Gasteiger partial charge in [-0.3, -0.25) is 0 Å². The molecule has 0 saturated heterocycles. The van der Waals surface area contributed by atoms with Gasteiger partial charge in [-0.15, -0.1) is 0 Å². The zero-order chi connectivity index (χ0) is 10.6. The Balaban J connectivity index is 3.13. The zero-order valence-electron chi connectivity index (χ0n) is 7.03. The summed E-state index contributed by atoms with van der Waals surface area (Å²) in [6.45, 7) is 0. The minimum atomic E-state index is -1.28. The Bertz CT molecular complexity index is 432. The molecule has 0 N–H and O–H groups in total. The van der Waals surface area contributed by atoms with E-state index >= 15 is 0 Å². The van der Waals surface area contributed by atoms with E-state index in [-0.39, 0.29) is 0 Å². The maximum Gasteiger partial charge on any atom is 0.0997 e. The predicted octanol–water partition coefficient (Wildman–Crippen LogP) is 1.08. The van der Waals surface area contributed by atoms with Gasteiger partial charge in [0.15, 0.2) is 0 Å². The van der Waals surface area contributed by atoms with Crippen LogP contribution in [0.1, 0.15) is 11.1 Å². The normalized spacial score (nSPS) is 10.0. The standard InChI is InChI=1S/C10H6BrNO2/c11-9-3-1-8(6-12)7(5-9)2-4-10(13)14/h1-5H,(H,13,14)/p-1. The van der Waals surface area contributed by atoms with Crippen molar-refractivity contribution in [2.45, 2.75) is 0 Å². The first-order valence-electron chi connectivity index (χ1n) is 3.72. The second-order valence-corrected chi connectivity index (χ2v) is 3.41. The molecule has 0 fully saturated rings. The molecule has 0 heterocycles. The van der Waals surface area contributed by atoms with Gasteiger partial charge in [-0.2, -0.15) is 5.26 Å². The molecule has 0 bridgehead atoms. The van der Waals surface area contributed by atoms with Gasteiger partial charge in [-0.25, -0.2) is 0 Å². The molecule has 0 aliphatic carbocycles. The van der Waals surface area contributed by atoms with Crippen molar-refractivity contribution in [1.29, 1.82) is 5.26 Å². The summed E-state index contributed by atoms with van der Waals surface area (Å²) < 4.78 is 0.787. The van der Waals surface area contributed by atoms with E-state index in [1.165, 1.54) is 6.08 Å². The van der Waals surface area contributed by atoms with Crippen LogP contribution in [0, 0.1) is 11.3 Å². The Morgan fingerprint density at radius 2 is 2.29 bits per heavy atom. The van der Waals surface area contributed by atoms with Crippen molar-refractivity contribution >= 4 is 28.0 Å². The fraction of sp³-hybridized carbons (Fsp3) is 0. The minimum absolute atomic E-state index is 0.422. The summed E-state index contributed by atoms with van der Waals surface area (Å²) in [6.07, 6.45) is 2.22. The molecule has 0 saturated carbocycles. The van der Waals surface area contributed by atoms with Gasteiger partial charge in [0.25, 0.3) is 0 Å².